The van der Waals surface area contributed by atoms with Gasteiger partial charge in [0, 0.05) is 24.6 Å². The monoisotopic (exact) mass is 284 g/mol. The summed E-state index contributed by atoms with van der Waals surface area (Å²) in [5.74, 6) is 1.72. The van der Waals surface area contributed by atoms with Crippen molar-refractivity contribution >= 4 is 21.7 Å². The van der Waals surface area contributed by atoms with Crippen molar-refractivity contribution in [3.63, 3.8) is 0 Å². The summed E-state index contributed by atoms with van der Waals surface area (Å²) in [6.07, 6.45) is 1.95. The number of halogens is 1. The molecule has 3 heteroatoms. The molecule has 0 saturated carbocycles. The van der Waals surface area contributed by atoms with E-state index in [1.807, 2.05) is 6.20 Å². The molecule has 16 heavy (non-hydrogen) atoms. The number of hydrogen-bond acceptors (Lipinski definition) is 2. The average molecular weight is 285 g/mol. The fraction of sp³-hybridized carbons (Fsp3) is 0.615. The summed E-state index contributed by atoms with van der Waals surface area (Å²) in [5.41, 5.74) is 2.47. The number of aryl methyl sites for hydroxylation is 1. The molecule has 0 aromatic carbocycles. The molecule has 90 valence electrons. The number of aromatic nitrogens is 1. The summed E-state index contributed by atoms with van der Waals surface area (Å²) in [6, 6.07) is 2.70. The molecule has 0 fully saturated rings. The molecule has 1 rings (SSSR count). The van der Waals surface area contributed by atoms with Crippen molar-refractivity contribution in [2.45, 2.75) is 39.1 Å². The topological polar surface area (TPSA) is 16.1 Å². The Morgan fingerprint density at radius 1 is 1.38 bits per heavy atom. The first-order valence-electron chi connectivity index (χ1n) is 5.71. The van der Waals surface area contributed by atoms with E-state index in [0.717, 1.165) is 11.1 Å². The SMILES string of the molecule is Cc1cc(CBr)cnc1N(C)C(C)C(C)C. The Bertz CT molecular complexity index is 350. The largest absolute Gasteiger partial charge is 0.357 e. The molecule has 0 bridgehead atoms. The molecule has 1 atom stereocenters. The summed E-state index contributed by atoms with van der Waals surface area (Å²) in [5, 5.41) is 0.866. The van der Waals surface area contributed by atoms with Crippen molar-refractivity contribution in [1.29, 1.82) is 0 Å². The lowest BCUT2D eigenvalue weighted by Gasteiger charge is -2.30. The minimum atomic E-state index is 0.501. The second kappa shape index (κ2) is 5.67. The molecule has 0 amide bonds. The number of pyridine rings is 1. The van der Waals surface area contributed by atoms with Gasteiger partial charge in [0.05, 0.1) is 0 Å². The zero-order valence-corrected chi connectivity index (χ0v) is 12.4. The first-order valence-corrected chi connectivity index (χ1v) is 6.83. The highest BCUT2D eigenvalue weighted by molar-refractivity contribution is 9.08. The highest BCUT2D eigenvalue weighted by Crippen LogP contribution is 2.22. The minimum Gasteiger partial charge on any atom is -0.357 e. The van der Waals surface area contributed by atoms with E-state index in [9.17, 15) is 0 Å². The van der Waals surface area contributed by atoms with E-state index in [2.05, 4.69) is 66.6 Å². The van der Waals surface area contributed by atoms with E-state index in [1.54, 1.807) is 0 Å². The predicted molar refractivity (Wildman–Crippen MR) is 74.3 cm³/mol. The molecule has 0 spiro atoms. The van der Waals surface area contributed by atoms with Gasteiger partial charge in [0.25, 0.3) is 0 Å². The first-order chi connectivity index (χ1) is 7.47. The lowest BCUT2D eigenvalue weighted by molar-refractivity contribution is 0.502. The van der Waals surface area contributed by atoms with Gasteiger partial charge in [-0.05, 0) is 30.9 Å². The molecule has 0 radical (unpaired) electrons. The number of hydrogen-bond donors (Lipinski definition) is 0. The van der Waals surface area contributed by atoms with E-state index in [-0.39, 0.29) is 0 Å². The normalized spacial score (nSPS) is 12.9. The average Bonchev–Trinajstić information content (AvgIpc) is 2.26. The second-order valence-corrected chi connectivity index (χ2v) is 5.27. The van der Waals surface area contributed by atoms with E-state index >= 15 is 0 Å². The number of nitrogens with zero attached hydrogens (tertiary/aromatic N) is 2. The summed E-state index contributed by atoms with van der Waals surface area (Å²) in [6.45, 7) is 8.84. The fourth-order valence-corrected chi connectivity index (χ4v) is 2.01. The van der Waals surface area contributed by atoms with Crippen LogP contribution in [0.15, 0.2) is 12.3 Å². The van der Waals surface area contributed by atoms with Gasteiger partial charge in [-0.3, -0.25) is 0 Å². The van der Waals surface area contributed by atoms with Crippen LogP contribution in [0.4, 0.5) is 5.82 Å². The lowest BCUT2D eigenvalue weighted by atomic mass is 10.0. The van der Waals surface area contributed by atoms with Crippen molar-refractivity contribution in [3.8, 4) is 0 Å². The van der Waals surface area contributed by atoms with Crippen LogP contribution in [-0.2, 0) is 5.33 Å². The van der Waals surface area contributed by atoms with Crippen LogP contribution in [0.1, 0.15) is 31.9 Å². The zero-order valence-electron chi connectivity index (χ0n) is 10.8. The van der Waals surface area contributed by atoms with Gasteiger partial charge < -0.3 is 4.90 Å². The van der Waals surface area contributed by atoms with Crippen molar-refractivity contribution in [2.75, 3.05) is 11.9 Å². The van der Waals surface area contributed by atoms with Gasteiger partial charge in [0.1, 0.15) is 5.82 Å². The smallest absolute Gasteiger partial charge is 0.131 e. The molecule has 1 aromatic heterocycles. The molecule has 0 aliphatic carbocycles. The van der Waals surface area contributed by atoms with Crippen LogP contribution in [0.3, 0.4) is 0 Å². The van der Waals surface area contributed by atoms with Crippen LogP contribution < -0.4 is 4.90 Å². The van der Waals surface area contributed by atoms with Crippen LogP contribution >= 0.6 is 15.9 Å². The van der Waals surface area contributed by atoms with Crippen LogP contribution in [-0.4, -0.2) is 18.1 Å². The Morgan fingerprint density at radius 2 is 2.00 bits per heavy atom. The molecule has 1 heterocycles. The van der Waals surface area contributed by atoms with E-state index in [4.69, 9.17) is 0 Å². The van der Waals surface area contributed by atoms with E-state index < -0.39 is 0 Å². The number of rotatable bonds is 4. The highest BCUT2D eigenvalue weighted by atomic mass is 79.9. The molecular weight excluding hydrogens is 264 g/mol. The maximum atomic E-state index is 4.55. The highest BCUT2D eigenvalue weighted by Gasteiger charge is 2.16. The molecule has 0 aliphatic heterocycles. The molecule has 1 unspecified atom stereocenters. The maximum absolute atomic E-state index is 4.55. The van der Waals surface area contributed by atoms with Crippen molar-refractivity contribution in [1.82, 2.24) is 4.98 Å². The number of alkyl halides is 1. The van der Waals surface area contributed by atoms with Crippen LogP contribution in [0.25, 0.3) is 0 Å². The lowest BCUT2D eigenvalue weighted by Crippen LogP contribution is -2.34. The summed E-state index contributed by atoms with van der Waals surface area (Å²) in [7, 11) is 2.12. The quantitative estimate of drug-likeness (QED) is 0.783. The molecule has 0 aliphatic rings. The molecule has 2 nitrogen and oxygen atoms in total. The maximum Gasteiger partial charge on any atom is 0.131 e. The Hall–Kier alpha value is -0.570. The fourth-order valence-electron chi connectivity index (χ4n) is 1.71. The molecule has 0 saturated heterocycles. The Kier molecular flexibility index (Phi) is 4.78. The third kappa shape index (κ3) is 2.97. The van der Waals surface area contributed by atoms with Gasteiger partial charge in [-0.25, -0.2) is 4.98 Å². The minimum absolute atomic E-state index is 0.501. The van der Waals surface area contributed by atoms with E-state index in [0.29, 0.717) is 12.0 Å². The van der Waals surface area contributed by atoms with Gasteiger partial charge in [-0.2, -0.15) is 0 Å². The van der Waals surface area contributed by atoms with Crippen molar-refractivity contribution in [3.05, 3.63) is 23.4 Å². The Morgan fingerprint density at radius 3 is 2.44 bits per heavy atom. The summed E-state index contributed by atoms with van der Waals surface area (Å²) in [4.78, 5) is 6.81. The first kappa shape index (κ1) is 13.5. The van der Waals surface area contributed by atoms with Crippen LogP contribution in [0, 0.1) is 12.8 Å². The Labute approximate surface area is 107 Å². The van der Waals surface area contributed by atoms with Crippen LogP contribution in [0.2, 0.25) is 0 Å². The molecule has 0 N–H and O–H groups in total. The summed E-state index contributed by atoms with van der Waals surface area (Å²) >= 11 is 3.45. The van der Waals surface area contributed by atoms with Gasteiger partial charge >= 0.3 is 0 Å². The third-order valence-electron chi connectivity index (χ3n) is 3.17. The molecular formula is C13H21BrN2. The van der Waals surface area contributed by atoms with Crippen molar-refractivity contribution in [2.24, 2.45) is 5.92 Å². The second-order valence-electron chi connectivity index (χ2n) is 4.71. The number of anilines is 1. The van der Waals surface area contributed by atoms with Crippen molar-refractivity contribution < 1.29 is 0 Å². The van der Waals surface area contributed by atoms with Gasteiger partial charge in [0.15, 0.2) is 0 Å². The Balaban J connectivity index is 2.96. The van der Waals surface area contributed by atoms with Crippen LogP contribution in [0.5, 0.6) is 0 Å². The van der Waals surface area contributed by atoms with Gasteiger partial charge in [0.2, 0.25) is 0 Å². The summed E-state index contributed by atoms with van der Waals surface area (Å²) < 4.78 is 0. The standard InChI is InChI=1S/C13H21BrN2/c1-9(2)11(4)16(5)13-10(3)6-12(7-14)8-15-13/h6,8-9,11H,7H2,1-5H3. The third-order valence-corrected chi connectivity index (χ3v) is 3.82. The van der Waals surface area contributed by atoms with E-state index in [1.165, 1.54) is 11.1 Å². The predicted octanol–water partition coefficient (Wildman–Crippen LogP) is 3.77. The van der Waals surface area contributed by atoms with Gasteiger partial charge in [-0.15, -0.1) is 0 Å². The molecule has 1 aromatic rings. The zero-order chi connectivity index (χ0) is 12.3. The van der Waals surface area contributed by atoms with Gasteiger partial charge in [-0.1, -0.05) is 35.8 Å².